The highest BCUT2D eigenvalue weighted by molar-refractivity contribution is 8.66. The second-order valence-electron chi connectivity index (χ2n) is 5.10. The Labute approximate surface area is 141 Å². The molecule has 2 aromatic carbocycles. The van der Waals surface area contributed by atoms with Crippen molar-refractivity contribution in [3.8, 4) is 11.5 Å². The monoisotopic (exact) mass is 370 g/mol. The quantitative estimate of drug-likeness (QED) is 0.694. The van der Waals surface area contributed by atoms with Gasteiger partial charge in [-0.05, 0) is 35.4 Å². The number of hydrogen-bond acceptors (Lipinski definition) is 6. The van der Waals surface area contributed by atoms with Crippen LogP contribution in [0.1, 0.15) is 11.1 Å². The first-order valence-electron chi connectivity index (χ1n) is 6.99. The summed E-state index contributed by atoms with van der Waals surface area (Å²) in [5, 5.41) is 0. The molecule has 0 saturated carbocycles. The summed E-state index contributed by atoms with van der Waals surface area (Å²) in [6.45, 7) is 0. The molecule has 0 N–H and O–H groups in total. The van der Waals surface area contributed by atoms with Crippen molar-refractivity contribution < 1.29 is 26.3 Å². The maximum Gasteiger partial charge on any atom is 0.258 e. The van der Waals surface area contributed by atoms with Crippen molar-refractivity contribution in [3.05, 3.63) is 59.7 Å². The highest BCUT2D eigenvalue weighted by Gasteiger charge is 2.30. The molecule has 0 atom stereocenters. The Morgan fingerprint density at radius 3 is 1.17 bits per heavy atom. The Balaban J connectivity index is 2.18. The van der Waals surface area contributed by atoms with Gasteiger partial charge in [-0.3, -0.25) is 0 Å². The standard InChI is InChI=1S/C16H18O6S2/c1-21-15-7-3-13(4-8-15)11-23(17,18)24(19,20)12-14-5-9-16(22-2)10-6-14/h3-10H,11-12H2,1-2H3. The second-order valence-corrected chi connectivity index (χ2v) is 11.0. The van der Waals surface area contributed by atoms with Crippen LogP contribution in [-0.2, 0) is 29.2 Å². The zero-order valence-electron chi connectivity index (χ0n) is 13.3. The number of benzene rings is 2. The summed E-state index contributed by atoms with van der Waals surface area (Å²) in [6, 6.07) is 12.4. The fraction of sp³-hybridized carbons (Fsp3) is 0.250. The first-order valence-corrected chi connectivity index (χ1v) is 10.8. The molecule has 0 heterocycles. The smallest absolute Gasteiger partial charge is 0.258 e. The van der Waals surface area contributed by atoms with Crippen molar-refractivity contribution in [1.29, 1.82) is 0 Å². The molecule has 24 heavy (non-hydrogen) atoms. The summed E-state index contributed by atoms with van der Waals surface area (Å²) >= 11 is 0. The molecule has 2 rings (SSSR count). The first-order chi connectivity index (χ1) is 11.3. The van der Waals surface area contributed by atoms with Crippen LogP contribution < -0.4 is 9.47 Å². The average molecular weight is 370 g/mol. The van der Waals surface area contributed by atoms with Gasteiger partial charge in [0.05, 0.1) is 25.7 Å². The molecule has 0 aromatic heterocycles. The van der Waals surface area contributed by atoms with E-state index < -0.39 is 29.2 Å². The van der Waals surface area contributed by atoms with Crippen LogP contribution in [0.2, 0.25) is 0 Å². The molecule has 0 aliphatic heterocycles. The summed E-state index contributed by atoms with van der Waals surface area (Å²) in [4.78, 5) is 0. The van der Waals surface area contributed by atoms with E-state index in [4.69, 9.17) is 9.47 Å². The van der Waals surface area contributed by atoms with Gasteiger partial charge in [-0.2, -0.15) is 0 Å². The van der Waals surface area contributed by atoms with Crippen LogP contribution in [0.5, 0.6) is 11.5 Å². The van der Waals surface area contributed by atoms with E-state index in [2.05, 4.69) is 0 Å². The molecule has 0 radical (unpaired) electrons. The Morgan fingerprint density at radius 2 is 0.917 bits per heavy atom. The van der Waals surface area contributed by atoms with E-state index in [0.717, 1.165) is 0 Å². The van der Waals surface area contributed by atoms with Gasteiger partial charge >= 0.3 is 0 Å². The van der Waals surface area contributed by atoms with Crippen molar-refractivity contribution >= 4 is 17.7 Å². The Hall–Kier alpha value is -2.06. The van der Waals surface area contributed by atoms with Gasteiger partial charge in [-0.1, -0.05) is 24.3 Å². The van der Waals surface area contributed by atoms with Crippen molar-refractivity contribution in [2.24, 2.45) is 0 Å². The first kappa shape index (κ1) is 18.3. The molecule has 2 aromatic rings. The van der Waals surface area contributed by atoms with Gasteiger partial charge in [0.25, 0.3) is 17.7 Å². The average Bonchev–Trinajstić information content (AvgIpc) is 2.55. The van der Waals surface area contributed by atoms with Crippen molar-refractivity contribution in [2.45, 2.75) is 11.5 Å². The van der Waals surface area contributed by atoms with Crippen LogP contribution >= 0.6 is 0 Å². The molecule has 0 aliphatic carbocycles. The van der Waals surface area contributed by atoms with E-state index in [0.29, 0.717) is 22.6 Å². The maximum atomic E-state index is 12.3. The molecule has 8 heteroatoms. The van der Waals surface area contributed by atoms with Crippen molar-refractivity contribution in [3.63, 3.8) is 0 Å². The number of rotatable bonds is 7. The van der Waals surface area contributed by atoms with E-state index in [9.17, 15) is 16.8 Å². The molecule has 0 spiro atoms. The van der Waals surface area contributed by atoms with Crippen LogP contribution in [0.4, 0.5) is 0 Å². The van der Waals surface area contributed by atoms with E-state index in [1.54, 1.807) is 24.3 Å². The lowest BCUT2D eigenvalue weighted by atomic mass is 10.2. The van der Waals surface area contributed by atoms with E-state index in [-0.39, 0.29) is 0 Å². The number of methoxy groups -OCH3 is 2. The summed E-state index contributed by atoms with van der Waals surface area (Å²) < 4.78 is 59.0. The van der Waals surface area contributed by atoms with Gasteiger partial charge in [0.2, 0.25) is 0 Å². The minimum atomic E-state index is -4.35. The molecule has 0 saturated heterocycles. The SMILES string of the molecule is COc1ccc(CS(=O)(=O)S(=O)(=O)Cc2ccc(OC)cc2)cc1. The summed E-state index contributed by atoms with van der Waals surface area (Å²) in [6.07, 6.45) is 0. The third kappa shape index (κ3) is 4.27. The predicted molar refractivity (Wildman–Crippen MR) is 91.2 cm³/mol. The minimum absolute atomic E-state index is 0.383. The highest BCUT2D eigenvalue weighted by atomic mass is 33.2. The second kappa shape index (κ2) is 7.23. The molecule has 0 bridgehead atoms. The molecular formula is C16H18O6S2. The van der Waals surface area contributed by atoms with Gasteiger partial charge in [0.15, 0.2) is 0 Å². The Bertz CT molecular complexity index is 805. The Kier molecular flexibility index (Phi) is 5.51. The molecule has 0 unspecified atom stereocenters. The zero-order valence-corrected chi connectivity index (χ0v) is 14.9. The maximum absolute atomic E-state index is 12.3. The molecular weight excluding hydrogens is 352 g/mol. The molecule has 6 nitrogen and oxygen atoms in total. The van der Waals surface area contributed by atoms with Crippen LogP contribution in [0, 0.1) is 0 Å². The molecule has 0 aliphatic rings. The molecule has 130 valence electrons. The summed E-state index contributed by atoms with van der Waals surface area (Å²) in [5.74, 6) is -0.0141. The van der Waals surface area contributed by atoms with E-state index in [1.165, 1.54) is 38.5 Å². The number of ether oxygens (including phenoxy) is 2. The lowest BCUT2D eigenvalue weighted by molar-refractivity contribution is 0.414. The van der Waals surface area contributed by atoms with E-state index in [1.807, 2.05) is 0 Å². The topological polar surface area (TPSA) is 86.7 Å². The van der Waals surface area contributed by atoms with Gasteiger partial charge in [-0.15, -0.1) is 0 Å². The molecule has 0 amide bonds. The van der Waals surface area contributed by atoms with Gasteiger partial charge in [0, 0.05) is 0 Å². The predicted octanol–water partition coefficient (Wildman–Crippen LogP) is 2.15. The number of hydrogen-bond donors (Lipinski definition) is 0. The molecule has 0 fully saturated rings. The fourth-order valence-corrected chi connectivity index (χ4v) is 5.49. The summed E-state index contributed by atoms with van der Waals surface area (Å²) in [7, 11) is -5.71. The third-order valence-corrected chi connectivity index (χ3v) is 8.57. The van der Waals surface area contributed by atoms with Gasteiger partial charge < -0.3 is 9.47 Å². The van der Waals surface area contributed by atoms with Crippen LogP contribution in [-0.4, -0.2) is 31.1 Å². The lowest BCUT2D eigenvalue weighted by Gasteiger charge is -2.08. The lowest BCUT2D eigenvalue weighted by Crippen LogP contribution is -2.19. The van der Waals surface area contributed by atoms with E-state index >= 15 is 0 Å². The third-order valence-electron chi connectivity index (χ3n) is 3.39. The fourth-order valence-electron chi connectivity index (χ4n) is 2.03. The van der Waals surface area contributed by atoms with Gasteiger partial charge in [-0.25, -0.2) is 16.8 Å². The largest absolute Gasteiger partial charge is 0.497 e. The van der Waals surface area contributed by atoms with Crippen LogP contribution in [0.3, 0.4) is 0 Å². The summed E-state index contributed by atoms with van der Waals surface area (Å²) in [5.41, 5.74) is 0.767. The zero-order chi connectivity index (χ0) is 17.8. The van der Waals surface area contributed by atoms with Crippen molar-refractivity contribution in [2.75, 3.05) is 14.2 Å². The minimum Gasteiger partial charge on any atom is -0.497 e. The Morgan fingerprint density at radius 1 is 0.625 bits per heavy atom. The van der Waals surface area contributed by atoms with Gasteiger partial charge in [0.1, 0.15) is 11.5 Å². The highest BCUT2D eigenvalue weighted by Crippen LogP contribution is 2.20. The van der Waals surface area contributed by atoms with Crippen LogP contribution in [0.25, 0.3) is 0 Å². The normalized spacial score (nSPS) is 11.9. The van der Waals surface area contributed by atoms with Crippen LogP contribution in [0.15, 0.2) is 48.5 Å². The van der Waals surface area contributed by atoms with Crippen molar-refractivity contribution in [1.82, 2.24) is 0 Å².